The number of methoxy groups -OCH3 is 2. The third kappa shape index (κ3) is 4.30. The number of nitrogens with zero attached hydrogens (tertiary/aromatic N) is 2. The van der Waals surface area contributed by atoms with E-state index >= 15 is 0 Å². The third-order valence-corrected chi connectivity index (χ3v) is 5.84. The van der Waals surface area contributed by atoms with Gasteiger partial charge in [0.25, 0.3) is 11.8 Å². The van der Waals surface area contributed by atoms with Gasteiger partial charge in [0, 0.05) is 18.7 Å². The Morgan fingerprint density at radius 1 is 0.970 bits per heavy atom. The zero-order valence-electron chi connectivity index (χ0n) is 19.1. The Hall–Kier alpha value is -3.39. The molecule has 2 atom stereocenters. The van der Waals surface area contributed by atoms with Crippen molar-refractivity contribution in [2.45, 2.75) is 32.6 Å². The molecule has 174 valence electrons. The highest BCUT2D eigenvalue weighted by molar-refractivity contribution is 6.35. The standard InChI is InChI=1S/C25H27FN2O5/c1-15-12-27(13-16(2)33-15)23-22(17-9-10-20(31-3)21(11-17)32-4)24(29)28(25(23)30)14-18-7-5-6-8-19(18)26/h5-11,15-16H,12-14H2,1-4H3. The van der Waals surface area contributed by atoms with Crippen LogP contribution in [0.2, 0.25) is 0 Å². The quantitative estimate of drug-likeness (QED) is 0.625. The van der Waals surface area contributed by atoms with Gasteiger partial charge in [0.2, 0.25) is 0 Å². The summed E-state index contributed by atoms with van der Waals surface area (Å²) in [5.41, 5.74) is 1.36. The Bertz CT molecular complexity index is 1110. The number of benzene rings is 2. The van der Waals surface area contributed by atoms with Gasteiger partial charge in [-0.2, -0.15) is 0 Å². The topological polar surface area (TPSA) is 68.3 Å². The van der Waals surface area contributed by atoms with E-state index in [0.717, 1.165) is 4.90 Å². The summed E-state index contributed by atoms with van der Waals surface area (Å²) in [5.74, 6) is -0.435. The van der Waals surface area contributed by atoms with E-state index in [9.17, 15) is 14.0 Å². The maximum absolute atomic E-state index is 14.3. The zero-order valence-corrected chi connectivity index (χ0v) is 19.1. The highest BCUT2D eigenvalue weighted by atomic mass is 19.1. The SMILES string of the molecule is COc1ccc(C2=C(N3CC(C)OC(C)C3)C(=O)N(Cc3ccccc3F)C2=O)cc1OC. The number of halogens is 1. The van der Waals surface area contributed by atoms with E-state index < -0.39 is 17.6 Å². The summed E-state index contributed by atoms with van der Waals surface area (Å²) in [6.45, 7) is 4.63. The second kappa shape index (κ2) is 9.23. The van der Waals surface area contributed by atoms with Crippen LogP contribution in [0.3, 0.4) is 0 Å². The van der Waals surface area contributed by atoms with Crippen molar-refractivity contribution in [1.82, 2.24) is 9.80 Å². The number of carbonyl (C=O) groups excluding carboxylic acids is 2. The molecule has 0 aromatic heterocycles. The third-order valence-electron chi connectivity index (χ3n) is 5.84. The molecule has 1 saturated heterocycles. The molecule has 2 heterocycles. The summed E-state index contributed by atoms with van der Waals surface area (Å²) in [4.78, 5) is 30.2. The van der Waals surface area contributed by atoms with Gasteiger partial charge >= 0.3 is 0 Å². The Labute approximate surface area is 192 Å². The molecule has 2 aromatic rings. The highest BCUT2D eigenvalue weighted by Crippen LogP contribution is 2.37. The number of hydrogen-bond acceptors (Lipinski definition) is 6. The first-order valence-electron chi connectivity index (χ1n) is 10.8. The number of amides is 2. The van der Waals surface area contributed by atoms with Crippen LogP contribution in [0, 0.1) is 5.82 Å². The summed E-state index contributed by atoms with van der Waals surface area (Å²) in [6.07, 6.45) is -0.229. The average molecular weight is 454 g/mol. The maximum atomic E-state index is 14.3. The molecular formula is C25H27FN2O5. The highest BCUT2D eigenvalue weighted by Gasteiger charge is 2.43. The van der Waals surface area contributed by atoms with Gasteiger partial charge in [-0.15, -0.1) is 0 Å². The molecule has 2 unspecified atom stereocenters. The molecule has 2 aliphatic heterocycles. The summed E-state index contributed by atoms with van der Waals surface area (Å²) in [7, 11) is 3.04. The Kier molecular flexibility index (Phi) is 6.37. The van der Waals surface area contributed by atoms with Crippen LogP contribution in [0.5, 0.6) is 11.5 Å². The minimum atomic E-state index is -0.475. The minimum absolute atomic E-state index is 0.114. The first kappa shape index (κ1) is 22.8. The van der Waals surface area contributed by atoms with Crippen molar-refractivity contribution in [2.75, 3.05) is 27.3 Å². The van der Waals surface area contributed by atoms with E-state index in [-0.39, 0.29) is 29.9 Å². The van der Waals surface area contributed by atoms with Crippen molar-refractivity contribution >= 4 is 17.4 Å². The van der Waals surface area contributed by atoms with Gasteiger partial charge < -0.3 is 19.1 Å². The minimum Gasteiger partial charge on any atom is -0.493 e. The zero-order chi connectivity index (χ0) is 23.7. The number of carbonyl (C=O) groups is 2. The summed E-state index contributed by atoms with van der Waals surface area (Å²) >= 11 is 0. The molecule has 33 heavy (non-hydrogen) atoms. The van der Waals surface area contributed by atoms with Gasteiger partial charge in [-0.3, -0.25) is 14.5 Å². The van der Waals surface area contributed by atoms with Crippen LogP contribution in [0.4, 0.5) is 4.39 Å². The smallest absolute Gasteiger partial charge is 0.278 e. The predicted octanol–water partition coefficient (Wildman–Crippen LogP) is 3.23. The average Bonchev–Trinajstić information content (AvgIpc) is 3.04. The van der Waals surface area contributed by atoms with Crippen LogP contribution in [0.25, 0.3) is 5.57 Å². The van der Waals surface area contributed by atoms with Gasteiger partial charge in [0.15, 0.2) is 11.5 Å². The van der Waals surface area contributed by atoms with Crippen molar-refractivity contribution in [3.05, 3.63) is 65.1 Å². The van der Waals surface area contributed by atoms with Crippen LogP contribution < -0.4 is 9.47 Å². The summed E-state index contributed by atoms with van der Waals surface area (Å²) in [5, 5.41) is 0. The summed E-state index contributed by atoms with van der Waals surface area (Å²) in [6, 6.07) is 11.2. The molecule has 2 aliphatic rings. The second-order valence-electron chi connectivity index (χ2n) is 8.24. The van der Waals surface area contributed by atoms with Gasteiger partial charge in [0.05, 0.1) is 38.5 Å². The summed E-state index contributed by atoms with van der Waals surface area (Å²) < 4.78 is 30.9. The molecule has 0 aliphatic carbocycles. The van der Waals surface area contributed by atoms with E-state index in [1.54, 1.807) is 36.4 Å². The molecular weight excluding hydrogens is 427 g/mol. The van der Waals surface area contributed by atoms with Gasteiger partial charge in [-0.1, -0.05) is 24.3 Å². The lowest BCUT2D eigenvalue weighted by Gasteiger charge is -2.37. The monoisotopic (exact) mass is 454 g/mol. The Morgan fingerprint density at radius 2 is 1.64 bits per heavy atom. The fourth-order valence-electron chi connectivity index (χ4n) is 4.41. The van der Waals surface area contributed by atoms with Crippen LogP contribution in [0.1, 0.15) is 25.0 Å². The van der Waals surface area contributed by atoms with Crippen LogP contribution in [-0.2, 0) is 20.9 Å². The van der Waals surface area contributed by atoms with Gasteiger partial charge in [0.1, 0.15) is 11.5 Å². The normalized spacial score (nSPS) is 21.1. The maximum Gasteiger partial charge on any atom is 0.278 e. The first-order valence-corrected chi connectivity index (χ1v) is 10.8. The van der Waals surface area contributed by atoms with E-state index in [2.05, 4.69) is 0 Å². The van der Waals surface area contributed by atoms with Crippen molar-refractivity contribution in [3.8, 4) is 11.5 Å². The molecule has 7 nitrogen and oxygen atoms in total. The molecule has 0 spiro atoms. The number of ether oxygens (including phenoxy) is 3. The number of imide groups is 1. The Balaban J connectivity index is 1.80. The second-order valence-corrected chi connectivity index (χ2v) is 8.24. The molecule has 0 bridgehead atoms. The van der Waals surface area contributed by atoms with Gasteiger partial charge in [-0.25, -0.2) is 4.39 Å². The molecule has 8 heteroatoms. The van der Waals surface area contributed by atoms with Crippen LogP contribution in [-0.4, -0.2) is 61.1 Å². The molecule has 4 rings (SSSR count). The fraction of sp³-hybridized carbons (Fsp3) is 0.360. The van der Waals surface area contributed by atoms with E-state index in [4.69, 9.17) is 14.2 Å². The number of morpholine rings is 1. The lowest BCUT2D eigenvalue weighted by molar-refractivity contribution is -0.139. The van der Waals surface area contributed by atoms with E-state index in [1.165, 1.54) is 20.3 Å². The first-order chi connectivity index (χ1) is 15.8. The number of rotatable bonds is 6. The lowest BCUT2D eigenvalue weighted by atomic mass is 10.0. The molecule has 0 saturated carbocycles. The van der Waals surface area contributed by atoms with Crippen molar-refractivity contribution in [2.24, 2.45) is 0 Å². The predicted molar refractivity (Wildman–Crippen MR) is 120 cm³/mol. The van der Waals surface area contributed by atoms with Crippen molar-refractivity contribution in [3.63, 3.8) is 0 Å². The van der Waals surface area contributed by atoms with E-state index in [0.29, 0.717) is 35.8 Å². The van der Waals surface area contributed by atoms with Gasteiger partial charge in [-0.05, 0) is 37.6 Å². The van der Waals surface area contributed by atoms with E-state index in [1.807, 2.05) is 18.7 Å². The number of hydrogen-bond donors (Lipinski definition) is 0. The molecule has 0 N–H and O–H groups in total. The van der Waals surface area contributed by atoms with Crippen molar-refractivity contribution in [1.29, 1.82) is 0 Å². The Morgan fingerprint density at radius 3 is 2.27 bits per heavy atom. The largest absolute Gasteiger partial charge is 0.493 e. The molecule has 0 radical (unpaired) electrons. The fourth-order valence-corrected chi connectivity index (χ4v) is 4.41. The molecule has 1 fully saturated rings. The molecule has 2 aromatic carbocycles. The van der Waals surface area contributed by atoms with Crippen molar-refractivity contribution < 1.29 is 28.2 Å². The lowest BCUT2D eigenvalue weighted by Crippen LogP contribution is -2.46. The van der Waals surface area contributed by atoms with Crippen LogP contribution in [0.15, 0.2) is 48.2 Å². The molecule has 2 amide bonds. The van der Waals surface area contributed by atoms with Crippen LogP contribution >= 0.6 is 0 Å².